The Balaban J connectivity index is 2.52. The minimum atomic E-state index is -1.07. The third kappa shape index (κ3) is 8.47. The molecule has 2 N–H and O–H groups in total. The molecule has 0 aliphatic heterocycles. The van der Waals surface area contributed by atoms with Crippen LogP contribution >= 0.6 is 0 Å². The van der Waals surface area contributed by atoms with Crippen molar-refractivity contribution in [2.24, 2.45) is 11.8 Å². The van der Waals surface area contributed by atoms with E-state index in [1.54, 1.807) is 6.92 Å². The van der Waals surface area contributed by atoms with Gasteiger partial charge in [-0.3, -0.25) is 4.79 Å². The minimum Gasteiger partial charge on any atom is -0.464 e. The first-order chi connectivity index (χ1) is 12.0. The molecule has 1 amide bonds. The molecule has 0 aromatic carbocycles. The maximum atomic E-state index is 12.5. The second-order valence-electron chi connectivity index (χ2n) is 7.03. The van der Waals surface area contributed by atoms with Gasteiger partial charge in [0.05, 0.1) is 13.2 Å². The number of carbonyl (C=O) groups is 3. The molecule has 1 saturated carbocycles. The SMILES string of the molecule is CCOC(=O)[C@@H](CO)NC(=O)[C@H](CCCC1CCCCC1)CC(C)=O. The van der Waals surface area contributed by atoms with E-state index >= 15 is 0 Å². The number of Topliss-reactive ketones (excluding diaryl/α,β-unsaturated/α-hetero) is 1. The van der Waals surface area contributed by atoms with Gasteiger partial charge < -0.3 is 20.0 Å². The van der Waals surface area contributed by atoms with Crippen molar-refractivity contribution in [1.82, 2.24) is 5.32 Å². The zero-order valence-corrected chi connectivity index (χ0v) is 15.6. The highest BCUT2D eigenvalue weighted by molar-refractivity contribution is 5.89. The predicted molar refractivity (Wildman–Crippen MR) is 94.9 cm³/mol. The van der Waals surface area contributed by atoms with Crippen molar-refractivity contribution in [3.8, 4) is 0 Å². The fraction of sp³-hybridized carbons (Fsp3) is 0.842. The fourth-order valence-electron chi connectivity index (χ4n) is 3.51. The van der Waals surface area contributed by atoms with Crippen molar-refractivity contribution in [3.63, 3.8) is 0 Å². The Morgan fingerprint density at radius 1 is 1.20 bits per heavy atom. The summed E-state index contributed by atoms with van der Waals surface area (Å²) in [6.45, 7) is 2.80. The molecule has 6 heteroatoms. The number of esters is 1. The summed E-state index contributed by atoms with van der Waals surface area (Å²) in [7, 11) is 0. The van der Waals surface area contributed by atoms with Gasteiger partial charge in [0.15, 0.2) is 6.04 Å². The summed E-state index contributed by atoms with van der Waals surface area (Å²) in [5.74, 6) is -0.772. The summed E-state index contributed by atoms with van der Waals surface area (Å²) in [5, 5.41) is 11.8. The minimum absolute atomic E-state index is 0.0468. The average molecular weight is 355 g/mol. The number of carbonyl (C=O) groups excluding carboxylic acids is 3. The monoisotopic (exact) mass is 355 g/mol. The zero-order valence-electron chi connectivity index (χ0n) is 15.6. The lowest BCUT2D eigenvalue weighted by Gasteiger charge is -2.23. The molecule has 144 valence electrons. The Morgan fingerprint density at radius 3 is 2.44 bits per heavy atom. The van der Waals surface area contributed by atoms with Gasteiger partial charge in [-0.15, -0.1) is 0 Å². The first kappa shape index (κ1) is 21.6. The van der Waals surface area contributed by atoms with Crippen LogP contribution in [0.15, 0.2) is 0 Å². The van der Waals surface area contributed by atoms with Crippen LogP contribution in [0.25, 0.3) is 0 Å². The summed E-state index contributed by atoms with van der Waals surface area (Å²) in [6.07, 6.45) is 9.21. The van der Waals surface area contributed by atoms with Crippen LogP contribution < -0.4 is 5.32 Å². The summed E-state index contributed by atoms with van der Waals surface area (Å²) in [6, 6.07) is -1.07. The summed E-state index contributed by atoms with van der Waals surface area (Å²) in [5.41, 5.74) is 0. The van der Waals surface area contributed by atoms with Crippen LogP contribution in [0.5, 0.6) is 0 Å². The lowest BCUT2D eigenvalue weighted by atomic mass is 9.84. The summed E-state index contributed by atoms with van der Waals surface area (Å²) < 4.78 is 4.84. The second kappa shape index (κ2) is 12.0. The number of rotatable bonds is 11. The first-order valence-corrected chi connectivity index (χ1v) is 9.55. The van der Waals surface area contributed by atoms with Gasteiger partial charge >= 0.3 is 5.97 Å². The molecule has 0 spiro atoms. The van der Waals surface area contributed by atoms with Crippen LogP contribution in [0, 0.1) is 11.8 Å². The Labute approximate surface area is 150 Å². The Morgan fingerprint density at radius 2 is 1.88 bits per heavy atom. The van der Waals surface area contributed by atoms with E-state index in [9.17, 15) is 19.5 Å². The van der Waals surface area contributed by atoms with Gasteiger partial charge in [0, 0.05) is 12.3 Å². The molecule has 0 heterocycles. The highest BCUT2D eigenvalue weighted by Gasteiger charge is 2.27. The van der Waals surface area contributed by atoms with Crippen LogP contribution in [0.3, 0.4) is 0 Å². The highest BCUT2D eigenvalue weighted by atomic mass is 16.5. The van der Waals surface area contributed by atoms with Gasteiger partial charge in [0.25, 0.3) is 0 Å². The van der Waals surface area contributed by atoms with Crippen molar-refractivity contribution in [2.45, 2.75) is 77.7 Å². The number of nitrogens with one attached hydrogen (secondary N) is 1. The molecule has 0 bridgehead atoms. The molecular formula is C19H33NO5. The van der Waals surface area contributed by atoms with Gasteiger partial charge in [-0.1, -0.05) is 44.9 Å². The molecule has 25 heavy (non-hydrogen) atoms. The molecule has 0 aromatic heterocycles. The van der Waals surface area contributed by atoms with Crippen molar-refractivity contribution < 1.29 is 24.2 Å². The van der Waals surface area contributed by atoms with Crippen molar-refractivity contribution in [2.75, 3.05) is 13.2 Å². The zero-order chi connectivity index (χ0) is 18.7. The number of aliphatic hydroxyl groups excluding tert-OH is 1. The number of ether oxygens (including phenoxy) is 1. The Kier molecular flexibility index (Phi) is 10.4. The van der Waals surface area contributed by atoms with Gasteiger partial charge in [-0.05, 0) is 26.2 Å². The van der Waals surface area contributed by atoms with E-state index in [2.05, 4.69) is 5.32 Å². The van der Waals surface area contributed by atoms with Crippen LogP contribution in [-0.2, 0) is 19.1 Å². The Bertz CT molecular complexity index is 432. The topological polar surface area (TPSA) is 92.7 Å². The smallest absolute Gasteiger partial charge is 0.331 e. The summed E-state index contributed by atoms with van der Waals surface area (Å²) in [4.78, 5) is 35.7. The molecule has 1 aliphatic carbocycles. The third-order valence-electron chi connectivity index (χ3n) is 4.86. The molecule has 0 unspecified atom stereocenters. The maximum absolute atomic E-state index is 12.5. The van der Waals surface area contributed by atoms with E-state index in [0.29, 0.717) is 6.42 Å². The predicted octanol–water partition coefficient (Wildman–Crippen LogP) is 2.37. The van der Waals surface area contributed by atoms with Crippen molar-refractivity contribution >= 4 is 17.7 Å². The lowest BCUT2D eigenvalue weighted by Crippen LogP contribution is -2.47. The van der Waals surface area contributed by atoms with E-state index in [4.69, 9.17) is 4.74 Å². The van der Waals surface area contributed by atoms with E-state index < -0.39 is 24.5 Å². The second-order valence-corrected chi connectivity index (χ2v) is 7.03. The third-order valence-corrected chi connectivity index (χ3v) is 4.86. The van der Waals surface area contributed by atoms with Crippen molar-refractivity contribution in [3.05, 3.63) is 0 Å². The molecule has 1 aliphatic rings. The van der Waals surface area contributed by atoms with Gasteiger partial charge in [-0.2, -0.15) is 0 Å². The first-order valence-electron chi connectivity index (χ1n) is 9.55. The molecular weight excluding hydrogens is 322 g/mol. The van der Waals surface area contributed by atoms with Crippen LogP contribution in [0.1, 0.15) is 71.6 Å². The normalized spacial score (nSPS) is 17.6. The number of hydrogen-bond acceptors (Lipinski definition) is 5. The molecule has 6 nitrogen and oxygen atoms in total. The number of amides is 1. The lowest BCUT2D eigenvalue weighted by molar-refractivity contribution is -0.149. The van der Waals surface area contributed by atoms with Crippen molar-refractivity contribution in [1.29, 1.82) is 0 Å². The fourth-order valence-corrected chi connectivity index (χ4v) is 3.51. The van der Waals surface area contributed by atoms with E-state index in [-0.39, 0.29) is 24.7 Å². The largest absolute Gasteiger partial charge is 0.464 e. The molecule has 0 aromatic rings. The molecule has 2 atom stereocenters. The number of hydrogen-bond donors (Lipinski definition) is 2. The van der Waals surface area contributed by atoms with E-state index in [1.807, 2.05) is 0 Å². The van der Waals surface area contributed by atoms with Gasteiger partial charge in [-0.25, -0.2) is 4.79 Å². The molecule has 0 radical (unpaired) electrons. The quantitative estimate of drug-likeness (QED) is 0.555. The highest BCUT2D eigenvalue weighted by Crippen LogP contribution is 2.28. The van der Waals surface area contributed by atoms with Crippen LogP contribution in [0.2, 0.25) is 0 Å². The van der Waals surface area contributed by atoms with Crippen LogP contribution in [-0.4, -0.2) is 42.0 Å². The van der Waals surface area contributed by atoms with Crippen LogP contribution in [0.4, 0.5) is 0 Å². The number of ketones is 1. The number of aliphatic hydroxyl groups is 1. The van der Waals surface area contributed by atoms with Gasteiger partial charge in [0.2, 0.25) is 5.91 Å². The van der Waals surface area contributed by atoms with Gasteiger partial charge in [0.1, 0.15) is 5.78 Å². The summed E-state index contributed by atoms with van der Waals surface area (Å²) >= 11 is 0. The van der Waals surface area contributed by atoms with E-state index in [1.165, 1.54) is 39.0 Å². The molecule has 0 saturated heterocycles. The van der Waals surface area contributed by atoms with E-state index in [0.717, 1.165) is 18.8 Å². The molecule has 1 fully saturated rings. The maximum Gasteiger partial charge on any atom is 0.331 e. The molecule has 1 rings (SSSR count). The standard InChI is InChI=1S/C19H33NO5/c1-3-25-19(24)17(13-21)20-18(23)16(12-14(2)22)11-7-10-15-8-5-4-6-9-15/h15-17,21H,3-13H2,1-2H3,(H,20,23)/t16-,17-/m1/s1. The average Bonchev–Trinajstić information content (AvgIpc) is 2.59. The Hall–Kier alpha value is -1.43.